The van der Waals surface area contributed by atoms with E-state index in [1.807, 2.05) is 0 Å². The number of nitrogens with zero attached hydrogens (tertiary/aromatic N) is 1. The molecule has 3 nitrogen and oxygen atoms in total. The quantitative estimate of drug-likeness (QED) is 0.854. The van der Waals surface area contributed by atoms with Crippen LogP contribution in [0.2, 0.25) is 10.2 Å². The minimum absolute atomic E-state index is 0.0290. The SMILES string of the molecule is O=C(Nc1c(F)cc(F)cc1Cl)c1cccnc1Cl. The number of nitrogens with one attached hydrogen (secondary N) is 1. The molecule has 2 rings (SSSR count). The van der Waals surface area contributed by atoms with Crippen LogP contribution in [0.3, 0.4) is 0 Å². The van der Waals surface area contributed by atoms with Crippen molar-refractivity contribution in [3.05, 3.63) is 57.8 Å². The summed E-state index contributed by atoms with van der Waals surface area (Å²) in [6, 6.07) is 4.43. The van der Waals surface area contributed by atoms with Crippen molar-refractivity contribution in [2.24, 2.45) is 0 Å². The van der Waals surface area contributed by atoms with E-state index in [1.165, 1.54) is 18.3 Å². The number of carbonyl (C=O) groups excluding carboxylic acids is 1. The van der Waals surface area contributed by atoms with Gasteiger partial charge in [-0.1, -0.05) is 23.2 Å². The molecule has 1 amide bonds. The molecule has 0 unspecified atom stereocenters. The zero-order valence-corrected chi connectivity index (χ0v) is 10.8. The largest absolute Gasteiger partial charge is 0.318 e. The Hall–Kier alpha value is -1.72. The van der Waals surface area contributed by atoms with E-state index in [1.54, 1.807) is 0 Å². The lowest BCUT2D eigenvalue weighted by atomic mass is 10.2. The topological polar surface area (TPSA) is 42.0 Å². The first kappa shape index (κ1) is 13.7. The van der Waals surface area contributed by atoms with Gasteiger partial charge in [0, 0.05) is 12.3 Å². The monoisotopic (exact) mass is 302 g/mol. The second-order valence-corrected chi connectivity index (χ2v) is 4.31. The van der Waals surface area contributed by atoms with E-state index in [0.717, 1.165) is 6.07 Å². The number of amides is 1. The van der Waals surface area contributed by atoms with Crippen LogP contribution < -0.4 is 5.32 Å². The molecule has 7 heteroatoms. The molecule has 0 aliphatic carbocycles. The predicted molar refractivity (Wildman–Crippen MR) is 68.6 cm³/mol. The van der Waals surface area contributed by atoms with Gasteiger partial charge in [0.2, 0.25) is 0 Å². The van der Waals surface area contributed by atoms with Crippen LogP contribution in [0, 0.1) is 11.6 Å². The van der Waals surface area contributed by atoms with Crippen LogP contribution in [0.5, 0.6) is 0 Å². The van der Waals surface area contributed by atoms with E-state index in [4.69, 9.17) is 23.2 Å². The molecule has 98 valence electrons. The fourth-order valence-electron chi connectivity index (χ4n) is 1.40. The molecule has 0 bridgehead atoms. The first-order chi connectivity index (χ1) is 8.99. The molecular weight excluding hydrogens is 297 g/mol. The van der Waals surface area contributed by atoms with Gasteiger partial charge in [0.05, 0.1) is 16.3 Å². The number of benzene rings is 1. The molecule has 0 radical (unpaired) electrons. The Morgan fingerprint density at radius 2 is 2.00 bits per heavy atom. The van der Waals surface area contributed by atoms with Gasteiger partial charge in [-0.2, -0.15) is 0 Å². The second kappa shape index (κ2) is 5.50. The standard InChI is InChI=1S/C12H6Cl2F2N2O/c13-8-4-6(15)5-9(16)10(8)18-12(19)7-2-1-3-17-11(7)14/h1-5H,(H,18,19). The molecule has 0 saturated carbocycles. The highest BCUT2D eigenvalue weighted by molar-refractivity contribution is 6.35. The summed E-state index contributed by atoms with van der Waals surface area (Å²) in [4.78, 5) is 15.6. The molecule has 0 fully saturated rings. The molecule has 0 atom stereocenters. The minimum atomic E-state index is -0.974. The average molecular weight is 303 g/mol. The van der Waals surface area contributed by atoms with Crippen LogP contribution in [0.1, 0.15) is 10.4 Å². The molecule has 1 heterocycles. The van der Waals surface area contributed by atoms with Crippen LogP contribution in [0.4, 0.5) is 14.5 Å². The Kier molecular flexibility index (Phi) is 3.97. The number of halogens is 4. The maximum Gasteiger partial charge on any atom is 0.258 e. The van der Waals surface area contributed by atoms with Crippen LogP contribution in [0.25, 0.3) is 0 Å². The second-order valence-electron chi connectivity index (χ2n) is 3.54. The van der Waals surface area contributed by atoms with Gasteiger partial charge in [-0.15, -0.1) is 0 Å². The predicted octanol–water partition coefficient (Wildman–Crippen LogP) is 3.92. The van der Waals surface area contributed by atoms with E-state index in [-0.39, 0.29) is 21.4 Å². The molecule has 0 aliphatic rings. The third-order valence-electron chi connectivity index (χ3n) is 2.25. The number of hydrogen-bond donors (Lipinski definition) is 1. The highest BCUT2D eigenvalue weighted by Crippen LogP contribution is 2.27. The summed E-state index contributed by atoms with van der Waals surface area (Å²) in [5, 5.41) is 1.95. The number of hydrogen-bond acceptors (Lipinski definition) is 2. The first-order valence-electron chi connectivity index (χ1n) is 5.05. The molecule has 2 aromatic rings. The van der Waals surface area contributed by atoms with Crippen LogP contribution in [-0.2, 0) is 0 Å². The number of aromatic nitrogens is 1. The summed E-state index contributed by atoms with van der Waals surface area (Å²) >= 11 is 11.4. The normalized spacial score (nSPS) is 10.3. The third-order valence-corrected chi connectivity index (χ3v) is 2.85. The zero-order valence-electron chi connectivity index (χ0n) is 9.25. The van der Waals surface area contributed by atoms with Gasteiger partial charge in [0.25, 0.3) is 5.91 Å². The van der Waals surface area contributed by atoms with Crippen molar-refractivity contribution in [1.82, 2.24) is 4.98 Å². The lowest BCUT2D eigenvalue weighted by Crippen LogP contribution is -2.14. The first-order valence-corrected chi connectivity index (χ1v) is 5.81. The van der Waals surface area contributed by atoms with Crippen LogP contribution in [-0.4, -0.2) is 10.9 Å². The fourth-order valence-corrected chi connectivity index (χ4v) is 1.84. The van der Waals surface area contributed by atoms with E-state index < -0.39 is 17.5 Å². The zero-order chi connectivity index (χ0) is 14.0. The Morgan fingerprint density at radius 1 is 1.26 bits per heavy atom. The molecular formula is C12H6Cl2F2N2O. The van der Waals surface area contributed by atoms with Gasteiger partial charge in [-0.3, -0.25) is 4.79 Å². The van der Waals surface area contributed by atoms with Gasteiger partial charge < -0.3 is 5.32 Å². The Labute approximate surface area is 117 Å². The lowest BCUT2D eigenvalue weighted by Gasteiger charge is -2.09. The van der Waals surface area contributed by atoms with Crippen LogP contribution in [0.15, 0.2) is 30.5 Å². The molecule has 1 aromatic carbocycles. The van der Waals surface area contributed by atoms with Gasteiger partial charge in [0.1, 0.15) is 11.0 Å². The van der Waals surface area contributed by atoms with Gasteiger partial charge in [-0.05, 0) is 18.2 Å². The van der Waals surface area contributed by atoms with Crippen molar-refractivity contribution in [2.45, 2.75) is 0 Å². The summed E-state index contributed by atoms with van der Waals surface area (Å²) in [5.41, 5.74) is -0.253. The smallest absolute Gasteiger partial charge is 0.258 e. The van der Waals surface area contributed by atoms with E-state index >= 15 is 0 Å². The number of rotatable bonds is 2. The fraction of sp³-hybridized carbons (Fsp3) is 0. The third kappa shape index (κ3) is 3.00. The summed E-state index contributed by atoms with van der Waals surface area (Å²) in [5.74, 6) is -2.50. The molecule has 1 aromatic heterocycles. The van der Waals surface area contributed by atoms with Gasteiger partial charge in [-0.25, -0.2) is 13.8 Å². The van der Waals surface area contributed by atoms with Crippen molar-refractivity contribution in [1.29, 1.82) is 0 Å². The van der Waals surface area contributed by atoms with Gasteiger partial charge in [0.15, 0.2) is 5.82 Å². The average Bonchev–Trinajstić information content (AvgIpc) is 2.34. The Morgan fingerprint density at radius 3 is 2.63 bits per heavy atom. The van der Waals surface area contributed by atoms with Crippen molar-refractivity contribution in [3.63, 3.8) is 0 Å². The van der Waals surface area contributed by atoms with Crippen molar-refractivity contribution in [2.75, 3.05) is 5.32 Å². The molecule has 19 heavy (non-hydrogen) atoms. The number of pyridine rings is 1. The lowest BCUT2D eigenvalue weighted by molar-refractivity contribution is 0.102. The molecule has 0 spiro atoms. The maximum absolute atomic E-state index is 13.5. The van der Waals surface area contributed by atoms with Crippen molar-refractivity contribution >= 4 is 34.8 Å². The van der Waals surface area contributed by atoms with Gasteiger partial charge >= 0.3 is 0 Å². The van der Waals surface area contributed by atoms with E-state index in [2.05, 4.69) is 10.3 Å². The Bertz CT molecular complexity index is 626. The summed E-state index contributed by atoms with van der Waals surface area (Å²) in [6.45, 7) is 0. The summed E-state index contributed by atoms with van der Waals surface area (Å²) in [6.07, 6.45) is 1.41. The summed E-state index contributed by atoms with van der Waals surface area (Å²) in [7, 11) is 0. The van der Waals surface area contributed by atoms with Crippen molar-refractivity contribution < 1.29 is 13.6 Å². The highest BCUT2D eigenvalue weighted by atomic mass is 35.5. The molecule has 0 saturated heterocycles. The highest BCUT2D eigenvalue weighted by Gasteiger charge is 2.16. The van der Waals surface area contributed by atoms with E-state index in [0.29, 0.717) is 6.07 Å². The van der Waals surface area contributed by atoms with Crippen LogP contribution >= 0.6 is 23.2 Å². The van der Waals surface area contributed by atoms with E-state index in [9.17, 15) is 13.6 Å². The molecule has 0 aliphatic heterocycles. The minimum Gasteiger partial charge on any atom is -0.318 e. The summed E-state index contributed by atoms with van der Waals surface area (Å²) < 4.78 is 26.4. The number of carbonyl (C=O) groups is 1. The maximum atomic E-state index is 13.5. The number of anilines is 1. The Balaban J connectivity index is 2.32. The molecule has 1 N–H and O–H groups in total. The van der Waals surface area contributed by atoms with Crippen molar-refractivity contribution in [3.8, 4) is 0 Å².